The summed E-state index contributed by atoms with van der Waals surface area (Å²) in [6, 6.07) is -0.889. The first-order valence-electron chi connectivity index (χ1n) is 8.10. The molecule has 0 saturated carbocycles. The van der Waals surface area contributed by atoms with Crippen molar-refractivity contribution in [3.63, 3.8) is 0 Å². The number of urea groups is 1. The van der Waals surface area contributed by atoms with Crippen LogP contribution in [-0.4, -0.2) is 84.8 Å². The smallest absolute Gasteiger partial charge is 0.269 e. The Morgan fingerprint density at radius 2 is 2.08 bits per heavy atom. The molecule has 1 unspecified atom stereocenters. The number of rotatable bonds is 6. The zero-order valence-electron chi connectivity index (χ0n) is 14.1. The van der Waals surface area contributed by atoms with E-state index >= 15 is 0 Å². The molecule has 1 aromatic rings. The molecule has 24 heavy (non-hydrogen) atoms. The van der Waals surface area contributed by atoms with E-state index in [1.54, 1.807) is 7.05 Å². The number of nitrogens with zero attached hydrogens (tertiary/aromatic N) is 7. The third kappa shape index (κ3) is 2.57. The molecule has 0 spiro atoms. The Hall–Kier alpha value is -2.65. The number of carbonyl (C=O) groups excluding carboxylic acids is 2. The van der Waals surface area contributed by atoms with Gasteiger partial charge in [-0.1, -0.05) is 19.1 Å². The minimum atomic E-state index is -0.520. The van der Waals surface area contributed by atoms with Crippen LogP contribution >= 0.6 is 0 Å². The zero-order valence-corrected chi connectivity index (χ0v) is 14.1. The fourth-order valence-corrected chi connectivity index (χ4v) is 3.06. The van der Waals surface area contributed by atoms with Crippen LogP contribution in [0.3, 0.4) is 0 Å². The number of hydrogen-bond acceptors (Lipinski definition) is 6. The van der Waals surface area contributed by atoms with Crippen molar-refractivity contribution < 1.29 is 14.2 Å². The van der Waals surface area contributed by atoms with E-state index in [4.69, 9.17) is 0 Å². The van der Waals surface area contributed by atoms with E-state index in [2.05, 4.69) is 32.5 Å². The summed E-state index contributed by atoms with van der Waals surface area (Å²) in [7, 11) is 1.66. The molecule has 0 radical (unpaired) electrons. The van der Waals surface area contributed by atoms with Gasteiger partial charge in [0, 0.05) is 20.0 Å². The molecule has 1 aromatic heterocycles. The van der Waals surface area contributed by atoms with Crippen LogP contribution in [0.5, 0.6) is 0 Å². The molecule has 128 valence electrons. The van der Waals surface area contributed by atoms with E-state index in [1.165, 1.54) is 9.80 Å². The van der Waals surface area contributed by atoms with Gasteiger partial charge < -0.3 is 0 Å². The lowest BCUT2D eigenvalue weighted by atomic mass is 10.1. The highest BCUT2D eigenvalue weighted by Crippen LogP contribution is 2.21. The Morgan fingerprint density at radius 3 is 2.71 bits per heavy atom. The summed E-state index contributed by atoms with van der Waals surface area (Å²) in [5.74, 6) is 1.60. The highest BCUT2D eigenvalue weighted by Gasteiger charge is 2.53. The van der Waals surface area contributed by atoms with Crippen LogP contribution in [0, 0.1) is 0 Å². The van der Waals surface area contributed by atoms with Gasteiger partial charge in [-0.2, -0.15) is 5.21 Å². The lowest BCUT2D eigenvalue weighted by Crippen LogP contribution is -2.63. The molecule has 1 fully saturated rings. The molecule has 3 amide bonds. The zero-order chi connectivity index (χ0) is 17.3. The first kappa shape index (κ1) is 16.2. The molecule has 3 rings (SSSR count). The number of aliphatic imine (C=N–C) groups is 1. The second-order valence-corrected chi connectivity index (χ2v) is 5.75. The van der Waals surface area contributed by atoms with Gasteiger partial charge >= 0.3 is 6.03 Å². The lowest BCUT2D eigenvalue weighted by Gasteiger charge is -2.33. The van der Waals surface area contributed by atoms with E-state index in [0.717, 1.165) is 25.2 Å². The summed E-state index contributed by atoms with van der Waals surface area (Å²) in [4.78, 5) is 32.8. The van der Waals surface area contributed by atoms with Gasteiger partial charge in [-0.05, 0) is 11.4 Å². The van der Waals surface area contributed by atoms with Gasteiger partial charge in [0.2, 0.25) is 0 Å². The van der Waals surface area contributed by atoms with Crippen LogP contribution in [-0.2, 0) is 11.2 Å². The van der Waals surface area contributed by atoms with Crippen molar-refractivity contribution in [2.75, 3.05) is 20.1 Å². The Kier molecular flexibility index (Phi) is 4.36. The molecule has 10 nitrogen and oxygen atoms in total. The largest absolute Gasteiger partial charge is 0.333 e. The lowest BCUT2D eigenvalue weighted by molar-refractivity contribution is -0.536. The summed E-state index contributed by atoms with van der Waals surface area (Å²) in [6.07, 6.45) is 1.98. The first-order valence-corrected chi connectivity index (χ1v) is 8.10. The molecule has 0 aromatic carbocycles. The van der Waals surface area contributed by atoms with Gasteiger partial charge in [-0.3, -0.25) is 14.6 Å². The van der Waals surface area contributed by atoms with Gasteiger partial charge in [-0.15, -0.1) is 10.2 Å². The number of fused-ring (bicyclic) bond motifs is 1. The highest BCUT2D eigenvalue weighted by atomic mass is 16.2. The molecular weight excluding hydrogens is 312 g/mol. The van der Waals surface area contributed by atoms with Gasteiger partial charge in [-0.25, -0.2) is 9.37 Å². The summed E-state index contributed by atoms with van der Waals surface area (Å²) < 4.78 is 2.00. The maximum atomic E-state index is 12.9. The average molecular weight is 333 g/mol. The second kappa shape index (κ2) is 6.46. The molecule has 1 atom stereocenters. The Labute approximate surface area is 139 Å². The number of aromatic nitrogens is 4. The number of amides is 3. The topological polar surface area (TPSA) is 110 Å². The molecule has 1 saturated heterocycles. The molecule has 0 bridgehead atoms. The average Bonchev–Trinajstić information content (AvgIpc) is 3.21. The molecule has 2 aliphatic heterocycles. The third-order valence-electron chi connectivity index (χ3n) is 4.22. The molecule has 2 aliphatic rings. The standard InChI is InChI=1S/C14H21N8O2/c1-4-7-21-10(5-2)15-12-11(21)13(23)22(14(24)20(12)3)8-6-9-16-18-19-17-9/h11H,4-8H2,1-3H3,(H,16,17,18,19)/q+1. The highest BCUT2D eigenvalue weighted by molar-refractivity contribution is 6.23. The van der Waals surface area contributed by atoms with E-state index in [0.29, 0.717) is 18.1 Å². The van der Waals surface area contributed by atoms with Gasteiger partial charge in [0.15, 0.2) is 5.82 Å². The number of H-pyrrole nitrogens is 1. The number of hydrogen-bond donors (Lipinski definition) is 1. The minimum absolute atomic E-state index is 0.215. The van der Waals surface area contributed by atoms with E-state index in [-0.39, 0.29) is 18.5 Å². The number of nitrogens with one attached hydrogen (secondary N) is 1. The minimum Gasteiger partial charge on any atom is -0.269 e. The summed E-state index contributed by atoms with van der Waals surface area (Å²) in [6.45, 7) is 5.00. The first-order chi connectivity index (χ1) is 11.6. The number of likely N-dealkylation sites (N-methyl/N-ethyl adjacent to an activating group) is 1. The molecule has 10 heteroatoms. The quantitative estimate of drug-likeness (QED) is 0.715. The Morgan fingerprint density at radius 1 is 1.29 bits per heavy atom. The van der Waals surface area contributed by atoms with E-state index in [9.17, 15) is 9.59 Å². The van der Waals surface area contributed by atoms with Crippen LogP contribution in [0.4, 0.5) is 4.79 Å². The fourth-order valence-electron chi connectivity index (χ4n) is 3.06. The van der Waals surface area contributed by atoms with Crippen molar-refractivity contribution in [2.45, 2.75) is 39.2 Å². The SMILES string of the molecule is CCC[N+]1=C(CC)N=C2C1C(=O)N(CCc1nn[nH]n1)C(=O)N2C. The Balaban J connectivity index is 1.86. The molecule has 1 N–H and O–H groups in total. The number of imide groups is 1. The number of carbonyl (C=O) groups is 2. The van der Waals surface area contributed by atoms with Crippen molar-refractivity contribution in [3.05, 3.63) is 5.82 Å². The van der Waals surface area contributed by atoms with Crippen LogP contribution in [0.15, 0.2) is 4.99 Å². The van der Waals surface area contributed by atoms with Crippen LogP contribution in [0.2, 0.25) is 0 Å². The maximum Gasteiger partial charge on any atom is 0.333 e. The third-order valence-corrected chi connectivity index (χ3v) is 4.22. The van der Waals surface area contributed by atoms with Crippen LogP contribution < -0.4 is 0 Å². The van der Waals surface area contributed by atoms with E-state index < -0.39 is 6.04 Å². The summed E-state index contributed by atoms with van der Waals surface area (Å²) in [5, 5.41) is 13.6. The summed E-state index contributed by atoms with van der Waals surface area (Å²) in [5.41, 5.74) is 0. The van der Waals surface area contributed by atoms with Crippen molar-refractivity contribution in [1.82, 2.24) is 30.4 Å². The monoisotopic (exact) mass is 333 g/mol. The number of aromatic amines is 1. The second-order valence-electron chi connectivity index (χ2n) is 5.75. The van der Waals surface area contributed by atoms with Gasteiger partial charge in [0.25, 0.3) is 23.6 Å². The molecule has 3 heterocycles. The van der Waals surface area contributed by atoms with Crippen molar-refractivity contribution in [3.8, 4) is 0 Å². The molecule has 0 aliphatic carbocycles. The molecular formula is C14H21N8O2+. The van der Waals surface area contributed by atoms with Crippen LogP contribution in [0.25, 0.3) is 0 Å². The number of tetrazole rings is 1. The maximum absolute atomic E-state index is 12.9. The van der Waals surface area contributed by atoms with Crippen molar-refractivity contribution >= 4 is 23.6 Å². The normalized spacial score (nSPS) is 20.8. The predicted octanol–water partition coefficient (Wildman–Crippen LogP) is -0.352. The summed E-state index contributed by atoms with van der Waals surface area (Å²) >= 11 is 0. The van der Waals surface area contributed by atoms with Crippen LogP contribution in [0.1, 0.15) is 32.5 Å². The predicted molar refractivity (Wildman–Crippen MR) is 84.7 cm³/mol. The fraction of sp³-hybridized carbons (Fsp3) is 0.643. The number of amidine groups is 2. The Bertz CT molecular complexity index is 708. The van der Waals surface area contributed by atoms with Crippen molar-refractivity contribution in [1.29, 1.82) is 0 Å². The van der Waals surface area contributed by atoms with Gasteiger partial charge in [0.1, 0.15) is 0 Å². The van der Waals surface area contributed by atoms with Crippen molar-refractivity contribution in [2.24, 2.45) is 4.99 Å². The van der Waals surface area contributed by atoms with E-state index in [1.807, 2.05) is 11.5 Å². The van der Waals surface area contributed by atoms with Gasteiger partial charge in [0.05, 0.1) is 13.0 Å².